The Morgan fingerprint density at radius 3 is 2.29 bits per heavy atom. The normalized spacial score (nSPS) is 18.6. The van der Waals surface area contributed by atoms with Crippen molar-refractivity contribution in [2.75, 3.05) is 0 Å². The molecule has 0 atom stereocenters. The summed E-state index contributed by atoms with van der Waals surface area (Å²) in [4.78, 5) is 23.6. The first-order valence-electron chi connectivity index (χ1n) is 6.42. The van der Waals surface area contributed by atoms with Crippen LogP contribution in [0.5, 0.6) is 0 Å². The fraction of sp³-hybridized carbons (Fsp3) is 0.692. The molecular weight excluding hydrogens is 218 g/mol. The highest BCUT2D eigenvalue weighted by atomic mass is 16.4. The van der Waals surface area contributed by atoms with Gasteiger partial charge in [-0.25, -0.2) is 9.36 Å². The molecule has 0 saturated heterocycles. The van der Waals surface area contributed by atoms with Gasteiger partial charge < -0.3 is 4.42 Å². The molecule has 4 nitrogen and oxygen atoms in total. The van der Waals surface area contributed by atoms with Gasteiger partial charge >= 0.3 is 5.76 Å². The third-order valence-electron chi connectivity index (χ3n) is 3.45. The minimum absolute atomic E-state index is 0.0275. The molecule has 1 saturated carbocycles. The van der Waals surface area contributed by atoms with Gasteiger partial charge in [-0.1, -0.05) is 32.1 Å². The average Bonchev–Trinajstić information content (AvgIpc) is 2.19. The first-order chi connectivity index (χ1) is 8.18. The maximum atomic E-state index is 11.9. The number of hydrogen-bond donors (Lipinski definition) is 0. The largest absolute Gasteiger partial charge is 0.422 e. The molecular formula is C13H19NO3. The molecule has 0 aromatic carbocycles. The Bertz CT molecular complexity index is 447. The predicted octanol–water partition coefficient (Wildman–Crippen LogP) is 2.40. The van der Waals surface area contributed by atoms with Crippen molar-refractivity contribution in [3.8, 4) is 0 Å². The van der Waals surface area contributed by atoms with Crippen LogP contribution in [0, 0.1) is 6.92 Å². The molecule has 0 aliphatic heterocycles. The molecule has 17 heavy (non-hydrogen) atoms. The van der Waals surface area contributed by atoms with Gasteiger partial charge in [-0.2, -0.15) is 0 Å². The summed E-state index contributed by atoms with van der Waals surface area (Å²) in [6.07, 6.45) is 7.66. The van der Waals surface area contributed by atoms with Crippen LogP contribution in [0.1, 0.15) is 56.7 Å². The van der Waals surface area contributed by atoms with E-state index in [2.05, 4.69) is 0 Å². The van der Waals surface area contributed by atoms with Crippen molar-refractivity contribution >= 4 is 0 Å². The van der Waals surface area contributed by atoms with Crippen molar-refractivity contribution in [3.05, 3.63) is 32.7 Å². The molecule has 2 rings (SSSR count). The van der Waals surface area contributed by atoms with Crippen LogP contribution in [0.25, 0.3) is 0 Å². The lowest BCUT2D eigenvalue weighted by Gasteiger charge is -2.20. The van der Waals surface area contributed by atoms with E-state index in [1.54, 1.807) is 6.92 Å². The second-order valence-corrected chi connectivity index (χ2v) is 4.83. The van der Waals surface area contributed by atoms with Crippen LogP contribution >= 0.6 is 0 Å². The highest BCUT2D eigenvalue weighted by Gasteiger charge is 2.17. The molecule has 1 fully saturated rings. The average molecular weight is 237 g/mol. The Morgan fingerprint density at radius 1 is 1.12 bits per heavy atom. The van der Waals surface area contributed by atoms with Gasteiger partial charge in [0.25, 0.3) is 5.56 Å². The zero-order valence-corrected chi connectivity index (χ0v) is 10.3. The van der Waals surface area contributed by atoms with Crippen LogP contribution in [0.15, 0.2) is 20.1 Å². The van der Waals surface area contributed by atoms with E-state index >= 15 is 0 Å². The van der Waals surface area contributed by atoms with E-state index in [0.29, 0.717) is 5.76 Å². The maximum Gasteiger partial charge on any atom is 0.422 e. The van der Waals surface area contributed by atoms with Crippen molar-refractivity contribution in [2.24, 2.45) is 0 Å². The van der Waals surface area contributed by atoms with Gasteiger partial charge in [0.1, 0.15) is 5.76 Å². The van der Waals surface area contributed by atoms with Crippen LogP contribution in [0.4, 0.5) is 0 Å². The highest BCUT2D eigenvalue weighted by Crippen LogP contribution is 2.24. The molecule has 0 spiro atoms. The van der Waals surface area contributed by atoms with Crippen LogP contribution in [0.2, 0.25) is 0 Å². The van der Waals surface area contributed by atoms with E-state index in [1.807, 2.05) is 0 Å². The highest BCUT2D eigenvalue weighted by molar-refractivity contribution is 4.93. The molecule has 1 aromatic heterocycles. The third-order valence-corrected chi connectivity index (χ3v) is 3.45. The van der Waals surface area contributed by atoms with E-state index < -0.39 is 5.76 Å². The van der Waals surface area contributed by atoms with Gasteiger partial charge in [-0.3, -0.25) is 4.79 Å². The number of aryl methyl sites for hydroxylation is 1. The standard InChI is InChI=1S/C13H19NO3/c1-10-9-12(15)14(13(16)17-10)11-7-5-3-2-4-6-8-11/h9,11H,2-8H2,1H3. The van der Waals surface area contributed by atoms with E-state index in [1.165, 1.54) is 29.9 Å². The van der Waals surface area contributed by atoms with Gasteiger partial charge in [0.05, 0.1) is 0 Å². The Morgan fingerprint density at radius 2 is 1.71 bits per heavy atom. The summed E-state index contributed by atoms with van der Waals surface area (Å²) in [6, 6.07) is 1.43. The second kappa shape index (κ2) is 5.34. The molecule has 1 aliphatic rings. The lowest BCUT2D eigenvalue weighted by molar-refractivity contribution is 0.308. The van der Waals surface area contributed by atoms with Crippen LogP contribution in [-0.4, -0.2) is 4.57 Å². The van der Waals surface area contributed by atoms with E-state index in [0.717, 1.165) is 25.7 Å². The molecule has 1 aromatic rings. The van der Waals surface area contributed by atoms with Crippen molar-refractivity contribution in [3.63, 3.8) is 0 Å². The summed E-state index contributed by atoms with van der Waals surface area (Å²) in [6.45, 7) is 1.63. The maximum absolute atomic E-state index is 11.9. The number of rotatable bonds is 1. The zero-order chi connectivity index (χ0) is 12.3. The second-order valence-electron chi connectivity index (χ2n) is 4.83. The monoisotopic (exact) mass is 237 g/mol. The smallest absolute Gasteiger partial charge is 0.415 e. The van der Waals surface area contributed by atoms with Crippen LogP contribution in [-0.2, 0) is 0 Å². The Kier molecular flexibility index (Phi) is 3.82. The Hall–Kier alpha value is -1.32. The minimum Gasteiger partial charge on any atom is -0.415 e. The zero-order valence-electron chi connectivity index (χ0n) is 10.3. The third kappa shape index (κ3) is 2.87. The van der Waals surface area contributed by atoms with E-state index in [9.17, 15) is 9.59 Å². The predicted molar refractivity (Wildman–Crippen MR) is 65.3 cm³/mol. The fourth-order valence-corrected chi connectivity index (χ4v) is 2.57. The lowest BCUT2D eigenvalue weighted by Crippen LogP contribution is -2.36. The van der Waals surface area contributed by atoms with Crippen molar-refractivity contribution in [1.82, 2.24) is 4.57 Å². The van der Waals surface area contributed by atoms with Crippen molar-refractivity contribution < 1.29 is 4.42 Å². The Balaban J connectivity index is 2.31. The van der Waals surface area contributed by atoms with Crippen LogP contribution < -0.4 is 11.3 Å². The van der Waals surface area contributed by atoms with E-state index in [4.69, 9.17) is 4.42 Å². The Labute approximate surface area is 100 Å². The molecule has 94 valence electrons. The first kappa shape index (κ1) is 12.1. The molecule has 0 radical (unpaired) electrons. The van der Waals surface area contributed by atoms with Gasteiger partial charge in [0.15, 0.2) is 0 Å². The minimum atomic E-state index is -0.499. The molecule has 0 bridgehead atoms. The van der Waals surface area contributed by atoms with Crippen molar-refractivity contribution in [1.29, 1.82) is 0 Å². The van der Waals surface area contributed by atoms with Crippen LogP contribution in [0.3, 0.4) is 0 Å². The molecule has 0 amide bonds. The SMILES string of the molecule is Cc1cc(=O)n(C2CCCCCCC2)c(=O)o1. The van der Waals surface area contributed by atoms with E-state index in [-0.39, 0.29) is 11.6 Å². The lowest BCUT2D eigenvalue weighted by atomic mass is 9.96. The molecule has 0 N–H and O–H groups in total. The van der Waals surface area contributed by atoms with Gasteiger partial charge in [-0.15, -0.1) is 0 Å². The van der Waals surface area contributed by atoms with Gasteiger partial charge in [0, 0.05) is 12.1 Å². The van der Waals surface area contributed by atoms with Gasteiger partial charge in [0.2, 0.25) is 0 Å². The number of nitrogens with zero attached hydrogens (tertiary/aromatic N) is 1. The molecule has 1 aliphatic carbocycles. The summed E-state index contributed by atoms with van der Waals surface area (Å²) >= 11 is 0. The number of hydrogen-bond acceptors (Lipinski definition) is 3. The molecule has 1 heterocycles. The summed E-state index contributed by atoms with van der Waals surface area (Å²) in [5, 5.41) is 0. The summed E-state index contributed by atoms with van der Waals surface area (Å²) < 4.78 is 6.33. The van der Waals surface area contributed by atoms with Crippen molar-refractivity contribution in [2.45, 2.75) is 57.9 Å². The summed E-state index contributed by atoms with van der Waals surface area (Å²) in [7, 11) is 0. The first-order valence-corrected chi connectivity index (χ1v) is 6.42. The summed E-state index contributed by atoms with van der Waals surface area (Å²) in [5.74, 6) is -0.109. The fourth-order valence-electron chi connectivity index (χ4n) is 2.57. The quantitative estimate of drug-likeness (QED) is 0.753. The molecule has 0 unspecified atom stereocenters. The summed E-state index contributed by atoms with van der Waals surface area (Å²) in [5.41, 5.74) is -0.218. The topological polar surface area (TPSA) is 52.2 Å². The number of aromatic nitrogens is 1. The molecule has 4 heteroatoms. The van der Waals surface area contributed by atoms with Gasteiger partial charge in [-0.05, 0) is 19.8 Å².